The number of aromatic nitrogens is 1. The highest BCUT2D eigenvalue weighted by atomic mass is 32.2. The third-order valence-electron chi connectivity index (χ3n) is 3.32. The van der Waals surface area contributed by atoms with E-state index in [9.17, 15) is 26.7 Å². The van der Waals surface area contributed by atoms with Crippen molar-refractivity contribution in [1.29, 1.82) is 0 Å². The van der Waals surface area contributed by atoms with Crippen LogP contribution in [0.5, 0.6) is 0 Å². The molecule has 0 amide bonds. The minimum atomic E-state index is -4.80. The fourth-order valence-electron chi connectivity index (χ4n) is 1.76. The minimum Gasteiger partial charge on any atom is -0.377 e. The van der Waals surface area contributed by atoms with Crippen LogP contribution in [0.1, 0.15) is 12.5 Å². The lowest BCUT2D eigenvalue weighted by molar-refractivity contribution is -0.232. The van der Waals surface area contributed by atoms with Crippen LogP contribution in [0.2, 0.25) is 0 Å². The molecule has 1 aromatic heterocycles. The Labute approximate surface area is 137 Å². The van der Waals surface area contributed by atoms with Gasteiger partial charge >= 0.3 is 6.18 Å². The average Bonchev–Trinajstić information content (AvgIpc) is 2.53. The van der Waals surface area contributed by atoms with Crippen molar-refractivity contribution in [1.82, 2.24) is 4.98 Å². The molecular weight excluding hydrogens is 343 g/mol. The number of benzene rings is 1. The number of sulfone groups is 1. The van der Waals surface area contributed by atoms with Crippen LogP contribution in [0.25, 0.3) is 6.08 Å². The number of halogens is 3. The molecule has 0 aliphatic heterocycles. The van der Waals surface area contributed by atoms with Gasteiger partial charge in [-0.05, 0) is 42.8 Å². The van der Waals surface area contributed by atoms with Gasteiger partial charge in [-0.2, -0.15) is 13.2 Å². The van der Waals surface area contributed by atoms with Gasteiger partial charge in [0.2, 0.25) is 9.84 Å². The summed E-state index contributed by atoms with van der Waals surface area (Å²) < 4.78 is 62.4. The summed E-state index contributed by atoms with van der Waals surface area (Å²) in [6, 6.07) is 8.00. The molecule has 0 bridgehead atoms. The number of nitrogens with zero attached hydrogens (tertiary/aromatic N) is 1. The maximum absolute atomic E-state index is 12.6. The smallest absolute Gasteiger partial charge is 0.377 e. The second-order valence-corrected chi connectivity index (χ2v) is 7.18. The first kappa shape index (κ1) is 18.2. The van der Waals surface area contributed by atoms with Gasteiger partial charge in [0.25, 0.3) is 0 Å². The van der Waals surface area contributed by atoms with Gasteiger partial charge in [-0.3, -0.25) is 4.98 Å². The molecular formula is C16H14F3NO3S. The summed E-state index contributed by atoms with van der Waals surface area (Å²) in [4.78, 5) is 3.82. The highest BCUT2D eigenvalue weighted by molar-refractivity contribution is 7.91. The Morgan fingerprint density at radius 3 is 2.00 bits per heavy atom. The maximum atomic E-state index is 12.6. The summed E-state index contributed by atoms with van der Waals surface area (Å²) in [6.07, 6.45) is -0.407. The van der Waals surface area contributed by atoms with Crippen molar-refractivity contribution in [2.75, 3.05) is 0 Å². The van der Waals surface area contributed by atoms with E-state index in [1.165, 1.54) is 48.8 Å². The predicted octanol–water partition coefficient (Wildman–Crippen LogP) is 3.24. The predicted molar refractivity (Wildman–Crippen MR) is 81.8 cm³/mol. The number of rotatable bonds is 4. The van der Waals surface area contributed by atoms with E-state index in [0.29, 0.717) is 18.6 Å². The number of hydrogen-bond donors (Lipinski definition) is 1. The third kappa shape index (κ3) is 3.82. The Morgan fingerprint density at radius 1 is 1.00 bits per heavy atom. The Morgan fingerprint density at radius 2 is 1.50 bits per heavy atom. The molecule has 0 aliphatic rings. The summed E-state index contributed by atoms with van der Waals surface area (Å²) in [7, 11) is -3.72. The van der Waals surface area contributed by atoms with Gasteiger partial charge in [-0.15, -0.1) is 0 Å². The van der Waals surface area contributed by atoms with E-state index in [4.69, 9.17) is 0 Å². The summed E-state index contributed by atoms with van der Waals surface area (Å²) in [5.74, 6) is 0. The molecule has 1 atom stereocenters. The van der Waals surface area contributed by atoms with Crippen molar-refractivity contribution >= 4 is 15.9 Å². The molecule has 4 nitrogen and oxygen atoms in total. The molecule has 8 heteroatoms. The van der Waals surface area contributed by atoms with E-state index in [0.717, 1.165) is 6.08 Å². The zero-order valence-corrected chi connectivity index (χ0v) is 13.3. The van der Waals surface area contributed by atoms with Gasteiger partial charge in [0.1, 0.15) is 0 Å². The summed E-state index contributed by atoms with van der Waals surface area (Å²) in [6.45, 7) is 0.631. The summed E-state index contributed by atoms with van der Waals surface area (Å²) in [5.41, 5.74) is -2.64. The Hall–Kier alpha value is -2.19. The van der Waals surface area contributed by atoms with Crippen LogP contribution in [0, 0.1) is 0 Å². The van der Waals surface area contributed by atoms with Crippen LogP contribution in [-0.2, 0) is 9.84 Å². The molecule has 0 spiro atoms. The Balaban J connectivity index is 2.26. The monoisotopic (exact) mass is 357 g/mol. The number of pyridine rings is 1. The summed E-state index contributed by atoms with van der Waals surface area (Å²) in [5, 5.41) is 9.33. The Bertz CT molecular complexity index is 827. The van der Waals surface area contributed by atoms with Crippen molar-refractivity contribution in [3.63, 3.8) is 0 Å². The second kappa shape index (κ2) is 6.37. The molecule has 0 saturated heterocycles. The lowest BCUT2D eigenvalue weighted by atomic mass is 10.0. The maximum Gasteiger partial charge on any atom is 0.420 e. The molecule has 128 valence electrons. The normalized spacial score (nSPS) is 15.4. The fraction of sp³-hybridized carbons (Fsp3) is 0.188. The van der Waals surface area contributed by atoms with Crippen LogP contribution >= 0.6 is 0 Å². The first-order valence-electron chi connectivity index (χ1n) is 6.77. The number of alkyl halides is 3. The zero-order chi connectivity index (χ0) is 18.0. The highest BCUT2D eigenvalue weighted by Gasteiger charge is 2.47. The van der Waals surface area contributed by atoms with Crippen molar-refractivity contribution < 1.29 is 26.7 Å². The van der Waals surface area contributed by atoms with Crippen LogP contribution in [-0.4, -0.2) is 30.3 Å². The fourth-order valence-corrected chi connectivity index (χ4v) is 3.01. The van der Waals surface area contributed by atoms with Gasteiger partial charge in [0, 0.05) is 12.4 Å². The first-order valence-corrected chi connectivity index (χ1v) is 8.26. The molecule has 1 aromatic carbocycles. The van der Waals surface area contributed by atoms with E-state index in [-0.39, 0.29) is 9.79 Å². The van der Waals surface area contributed by atoms with Gasteiger partial charge in [-0.1, -0.05) is 18.2 Å². The third-order valence-corrected chi connectivity index (χ3v) is 5.11. The molecule has 0 saturated carbocycles. The molecule has 1 N–H and O–H groups in total. The van der Waals surface area contributed by atoms with Crippen molar-refractivity contribution in [2.24, 2.45) is 0 Å². The van der Waals surface area contributed by atoms with Crippen molar-refractivity contribution in [3.05, 3.63) is 60.4 Å². The Kier molecular flexibility index (Phi) is 4.82. The molecule has 1 heterocycles. The van der Waals surface area contributed by atoms with E-state index in [1.54, 1.807) is 0 Å². The van der Waals surface area contributed by atoms with Gasteiger partial charge < -0.3 is 5.11 Å². The topological polar surface area (TPSA) is 67.3 Å². The van der Waals surface area contributed by atoms with Crippen LogP contribution in [0.3, 0.4) is 0 Å². The minimum absolute atomic E-state index is 0.00781. The van der Waals surface area contributed by atoms with Crippen LogP contribution in [0.4, 0.5) is 13.2 Å². The SMILES string of the molecule is CC(O)(C=Cc1ccc(S(=O)(=O)c2ccncc2)cc1)C(F)(F)F. The molecule has 2 rings (SSSR count). The molecule has 0 fully saturated rings. The largest absolute Gasteiger partial charge is 0.420 e. The molecule has 0 radical (unpaired) electrons. The van der Waals surface area contributed by atoms with Gasteiger partial charge in [0.15, 0.2) is 5.60 Å². The van der Waals surface area contributed by atoms with E-state index in [2.05, 4.69) is 4.98 Å². The van der Waals surface area contributed by atoms with Crippen molar-refractivity contribution in [3.8, 4) is 0 Å². The zero-order valence-electron chi connectivity index (χ0n) is 12.5. The molecule has 1 unspecified atom stereocenters. The standard InChI is InChI=1S/C16H14F3NO3S/c1-15(21,16(17,18)19)9-6-12-2-4-13(5-3-12)24(22,23)14-7-10-20-11-8-14/h2-11,21H,1H3. The van der Waals surface area contributed by atoms with E-state index >= 15 is 0 Å². The van der Waals surface area contributed by atoms with Crippen LogP contribution in [0.15, 0.2) is 64.7 Å². The van der Waals surface area contributed by atoms with E-state index in [1.807, 2.05) is 0 Å². The average molecular weight is 357 g/mol. The quantitative estimate of drug-likeness (QED) is 0.912. The first-order chi connectivity index (χ1) is 11.0. The molecule has 2 aromatic rings. The van der Waals surface area contributed by atoms with E-state index < -0.39 is 21.6 Å². The summed E-state index contributed by atoms with van der Waals surface area (Å²) >= 11 is 0. The number of aliphatic hydroxyl groups is 1. The number of hydrogen-bond acceptors (Lipinski definition) is 4. The van der Waals surface area contributed by atoms with Gasteiger partial charge in [0.05, 0.1) is 9.79 Å². The van der Waals surface area contributed by atoms with Gasteiger partial charge in [-0.25, -0.2) is 8.42 Å². The highest BCUT2D eigenvalue weighted by Crippen LogP contribution is 2.31. The van der Waals surface area contributed by atoms with Crippen LogP contribution < -0.4 is 0 Å². The second-order valence-electron chi connectivity index (χ2n) is 5.23. The van der Waals surface area contributed by atoms with Crippen molar-refractivity contribution in [2.45, 2.75) is 28.5 Å². The molecule has 0 aliphatic carbocycles. The lowest BCUT2D eigenvalue weighted by Gasteiger charge is -2.22. The lowest BCUT2D eigenvalue weighted by Crippen LogP contribution is -2.39. The molecule has 24 heavy (non-hydrogen) atoms.